The molecule has 154 valence electrons. The molecule has 2 atom stereocenters. The van der Waals surface area contributed by atoms with Gasteiger partial charge in [-0.15, -0.1) is 0 Å². The normalized spacial score (nSPS) is 14.3. The summed E-state index contributed by atoms with van der Waals surface area (Å²) >= 11 is 0. The van der Waals surface area contributed by atoms with Crippen LogP contribution >= 0.6 is 0 Å². The average Bonchev–Trinajstić information content (AvgIpc) is 2.60. The van der Waals surface area contributed by atoms with Gasteiger partial charge in [0.25, 0.3) is 0 Å². The number of ether oxygens (including phenoxy) is 3. The van der Waals surface area contributed by atoms with Crippen molar-refractivity contribution in [2.45, 2.75) is 65.3 Å². The van der Waals surface area contributed by atoms with E-state index >= 15 is 0 Å². The van der Waals surface area contributed by atoms with Crippen LogP contribution in [0.15, 0.2) is 0 Å². The number of carbonyl (C=O) groups is 1. The molecule has 1 amide bonds. The number of hydrogen-bond donors (Lipinski definition) is 2. The van der Waals surface area contributed by atoms with Crippen molar-refractivity contribution in [1.82, 2.24) is 10.6 Å². The summed E-state index contributed by atoms with van der Waals surface area (Å²) in [6, 6.07) is 0.510. The van der Waals surface area contributed by atoms with Crippen molar-refractivity contribution in [1.29, 1.82) is 0 Å². The third-order valence-corrected chi connectivity index (χ3v) is 3.98. The van der Waals surface area contributed by atoms with Gasteiger partial charge < -0.3 is 24.8 Å². The highest BCUT2D eigenvalue weighted by molar-refractivity contribution is 5.77. The summed E-state index contributed by atoms with van der Waals surface area (Å²) in [4.78, 5) is 11.6. The summed E-state index contributed by atoms with van der Waals surface area (Å²) in [5.41, 5.74) is -0.955. The van der Waals surface area contributed by atoms with Gasteiger partial charge >= 0.3 is 0 Å². The molecule has 0 aromatic rings. The Morgan fingerprint density at radius 3 is 2.24 bits per heavy atom. The molecule has 0 aliphatic rings. The highest BCUT2D eigenvalue weighted by Gasteiger charge is 2.29. The van der Waals surface area contributed by atoms with E-state index in [1.165, 1.54) is 0 Å². The van der Waals surface area contributed by atoms with Gasteiger partial charge in [-0.25, -0.2) is 4.39 Å². The molecule has 25 heavy (non-hydrogen) atoms. The van der Waals surface area contributed by atoms with Crippen molar-refractivity contribution in [3.63, 3.8) is 0 Å². The first kappa shape index (κ1) is 24.2. The molecule has 0 aliphatic heterocycles. The second-order valence-electron chi connectivity index (χ2n) is 6.61. The highest BCUT2D eigenvalue weighted by Crippen LogP contribution is 2.20. The lowest BCUT2D eigenvalue weighted by Gasteiger charge is -2.28. The van der Waals surface area contributed by atoms with E-state index in [9.17, 15) is 9.18 Å². The van der Waals surface area contributed by atoms with E-state index in [-0.39, 0.29) is 15.4 Å². The SMILES string of the molecule is CCC(C)NCCOCCOCCNC(=O)COC(C)(C)C(F)CC.[HH].[HH]. The monoisotopic (exact) mass is 368 g/mol. The topological polar surface area (TPSA) is 68.8 Å². The predicted molar refractivity (Wildman–Crippen MR) is 102 cm³/mol. The third kappa shape index (κ3) is 13.1. The number of rotatable bonds is 16. The maximum atomic E-state index is 13.6. The third-order valence-electron chi connectivity index (χ3n) is 3.98. The smallest absolute Gasteiger partial charge is 0.246 e. The Morgan fingerprint density at radius 1 is 1.08 bits per heavy atom. The first-order valence-electron chi connectivity index (χ1n) is 9.27. The summed E-state index contributed by atoms with van der Waals surface area (Å²) in [7, 11) is 0. The zero-order chi connectivity index (χ0) is 19.1. The van der Waals surface area contributed by atoms with Crippen LogP contribution in [0, 0.1) is 0 Å². The van der Waals surface area contributed by atoms with Gasteiger partial charge in [-0.2, -0.15) is 0 Å². The van der Waals surface area contributed by atoms with Crippen LogP contribution in [0.5, 0.6) is 0 Å². The van der Waals surface area contributed by atoms with Crippen molar-refractivity contribution < 1.29 is 26.2 Å². The van der Waals surface area contributed by atoms with Gasteiger partial charge in [-0.05, 0) is 33.6 Å². The zero-order valence-corrected chi connectivity index (χ0v) is 16.5. The van der Waals surface area contributed by atoms with Gasteiger partial charge in [0.2, 0.25) is 5.91 Å². The number of halogens is 1. The standard InChI is InChI=1S/C18H37FN2O4.2H2/c1-6-15(3)20-8-10-23-12-13-24-11-9-21-17(22)14-25-18(4,5)16(19)7-2;;/h15-16,20H,6-14H2,1-5H3,(H,21,22);2*1H. The van der Waals surface area contributed by atoms with Crippen LogP contribution in [0.4, 0.5) is 4.39 Å². The van der Waals surface area contributed by atoms with E-state index in [2.05, 4.69) is 24.5 Å². The van der Waals surface area contributed by atoms with Crippen LogP contribution < -0.4 is 10.6 Å². The first-order chi connectivity index (χ1) is 11.8. The summed E-state index contributed by atoms with van der Waals surface area (Å²) in [5.74, 6) is -0.271. The van der Waals surface area contributed by atoms with E-state index in [0.717, 1.165) is 13.0 Å². The lowest BCUT2D eigenvalue weighted by atomic mass is 10.0. The number of amides is 1. The van der Waals surface area contributed by atoms with E-state index < -0.39 is 11.8 Å². The minimum atomic E-state index is -1.09. The number of nitrogens with one attached hydrogen (secondary N) is 2. The van der Waals surface area contributed by atoms with Gasteiger partial charge in [0.15, 0.2) is 0 Å². The minimum Gasteiger partial charge on any atom is -0.378 e. The molecule has 0 heterocycles. The predicted octanol–water partition coefficient (Wildman–Crippen LogP) is 2.56. The molecule has 0 aliphatic carbocycles. The molecule has 0 spiro atoms. The van der Waals surface area contributed by atoms with Gasteiger partial charge in [0, 0.05) is 22.0 Å². The number of alkyl halides is 1. The maximum absolute atomic E-state index is 13.6. The Kier molecular flexibility index (Phi) is 14.0. The van der Waals surface area contributed by atoms with Crippen molar-refractivity contribution in [2.75, 3.05) is 46.1 Å². The molecular weight excluding hydrogens is 327 g/mol. The maximum Gasteiger partial charge on any atom is 0.246 e. The lowest BCUT2D eigenvalue weighted by Crippen LogP contribution is -2.40. The molecule has 0 fully saturated rings. The van der Waals surface area contributed by atoms with Gasteiger partial charge in [0.1, 0.15) is 12.8 Å². The van der Waals surface area contributed by atoms with Gasteiger partial charge in [-0.1, -0.05) is 13.8 Å². The fraction of sp³-hybridized carbons (Fsp3) is 0.944. The van der Waals surface area contributed by atoms with E-state index in [1.807, 2.05) is 0 Å². The second-order valence-corrected chi connectivity index (χ2v) is 6.61. The molecule has 0 aromatic carbocycles. The average molecular weight is 369 g/mol. The molecule has 6 nitrogen and oxygen atoms in total. The van der Waals surface area contributed by atoms with Crippen molar-refractivity contribution >= 4 is 5.91 Å². The molecule has 2 unspecified atom stereocenters. The molecular formula is C18H41FN2O4. The van der Waals surface area contributed by atoms with Crippen LogP contribution in [0.2, 0.25) is 0 Å². The largest absolute Gasteiger partial charge is 0.378 e. The van der Waals surface area contributed by atoms with Crippen LogP contribution in [0.3, 0.4) is 0 Å². The Labute approximate surface area is 155 Å². The van der Waals surface area contributed by atoms with E-state index in [0.29, 0.717) is 45.4 Å². The summed E-state index contributed by atoms with van der Waals surface area (Å²) in [6.07, 6.45) is 0.367. The van der Waals surface area contributed by atoms with Crippen molar-refractivity contribution in [3.05, 3.63) is 0 Å². The van der Waals surface area contributed by atoms with Crippen LogP contribution in [-0.2, 0) is 19.0 Å². The molecule has 0 radical (unpaired) electrons. The summed E-state index contributed by atoms with van der Waals surface area (Å²) in [5, 5.41) is 6.02. The van der Waals surface area contributed by atoms with E-state index in [4.69, 9.17) is 14.2 Å². The Bertz CT molecular complexity index is 353. The Hall–Kier alpha value is -0.760. The Balaban J connectivity index is -0.00000288. The lowest BCUT2D eigenvalue weighted by molar-refractivity contribution is -0.136. The van der Waals surface area contributed by atoms with Crippen molar-refractivity contribution in [2.24, 2.45) is 0 Å². The molecule has 0 bridgehead atoms. The van der Waals surface area contributed by atoms with Crippen molar-refractivity contribution in [3.8, 4) is 0 Å². The van der Waals surface area contributed by atoms with Gasteiger partial charge in [-0.3, -0.25) is 4.79 Å². The minimum absolute atomic E-state index is 0. The van der Waals surface area contributed by atoms with Crippen LogP contribution in [0.25, 0.3) is 0 Å². The first-order valence-corrected chi connectivity index (χ1v) is 9.27. The molecule has 0 saturated heterocycles. The molecule has 0 saturated carbocycles. The molecule has 2 N–H and O–H groups in total. The highest BCUT2D eigenvalue weighted by atomic mass is 19.1. The fourth-order valence-corrected chi connectivity index (χ4v) is 1.99. The summed E-state index contributed by atoms with van der Waals surface area (Å²) in [6.45, 7) is 12.5. The van der Waals surface area contributed by atoms with E-state index in [1.54, 1.807) is 20.8 Å². The fourth-order valence-electron chi connectivity index (χ4n) is 1.99. The Morgan fingerprint density at radius 2 is 1.68 bits per heavy atom. The quantitative estimate of drug-likeness (QED) is 0.410. The second kappa shape index (κ2) is 14.4. The van der Waals surface area contributed by atoms with Gasteiger partial charge in [0.05, 0.1) is 32.0 Å². The molecule has 7 heteroatoms. The van der Waals surface area contributed by atoms with Crippen LogP contribution in [-0.4, -0.2) is 69.8 Å². The summed E-state index contributed by atoms with van der Waals surface area (Å²) < 4.78 is 29.8. The zero-order valence-electron chi connectivity index (χ0n) is 16.5. The number of carbonyl (C=O) groups excluding carboxylic acids is 1. The number of hydrogen-bond acceptors (Lipinski definition) is 5. The molecule has 0 rings (SSSR count). The van der Waals surface area contributed by atoms with Crippen LogP contribution in [0.1, 0.15) is 50.3 Å². The molecule has 0 aromatic heterocycles.